The minimum absolute atomic E-state index is 0.0656. The summed E-state index contributed by atoms with van der Waals surface area (Å²) in [7, 11) is 2.07. The summed E-state index contributed by atoms with van der Waals surface area (Å²) in [5.74, 6) is 0.299. The van der Waals surface area contributed by atoms with Crippen molar-refractivity contribution in [2.45, 2.75) is 38.5 Å². The molecule has 0 spiro atoms. The lowest BCUT2D eigenvalue weighted by Crippen LogP contribution is -2.15. The van der Waals surface area contributed by atoms with Gasteiger partial charge in [0.1, 0.15) is 0 Å². The smallest absolute Gasteiger partial charge is 0.306 e. The number of ether oxygens (including phenoxy) is 1. The number of nitrogens with zero attached hydrogens (tertiary/aromatic N) is 1. The molecule has 1 aliphatic carbocycles. The third kappa shape index (κ3) is 2.13. The van der Waals surface area contributed by atoms with E-state index in [4.69, 9.17) is 4.74 Å². The van der Waals surface area contributed by atoms with E-state index in [0.29, 0.717) is 18.9 Å². The van der Waals surface area contributed by atoms with Gasteiger partial charge in [0, 0.05) is 18.9 Å². The second-order valence-electron chi connectivity index (χ2n) is 4.43. The fourth-order valence-electron chi connectivity index (χ4n) is 2.58. The van der Waals surface area contributed by atoms with E-state index in [0.717, 1.165) is 12.8 Å². The number of aryl methyl sites for hydroxylation is 1. The van der Waals surface area contributed by atoms with Gasteiger partial charge in [-0.2, -0.15) is 0 Å². The van der Waals surface area contributed by atoms with Gasteiger partial charge in [0.2, 0.25) is 0 Å². The molecule has 0 saturated carbocycles. The van der Waals surface area contributed by atoms with Crippen molar-refractivity contribution in [3.8, 4) is 0 Å². The monoisotopic (exact) mass is 221 g/mol. The third-order valence-electron chi connectivity index (χ3n) is 3.36. The SMILES string of the molecule is CCOC(=O)CC1CCCc2c1ccn2C. The highest BCUT2D eigenvalue weighted by molar-refractivity contribution is 5.70. The molecule has 0 saturated heterocycles. The number of hydrogen-bond acceptors (Lipinski definition) is 2. The van der Waals surface area contributed by atoms with Crippen molar-refractivity contribution in [3.05, 3.63) is 23.5 Å². The van der Waals surface area contributed by atoms with Gasteiger partial charge < -0.3 is 9.30 Å². The Hall–Kier alpha value is -1.25. The Morgan fingerprint density at radius 2 is 2.44 bits per heavy atom. The van der Waals surface area contributed by atoms with Crippen molar-refractivity contribution in [2.75, 3.05) is 6.61 Å². The van der Waals surface area contributed by atoms with E-state index >= 15 is 0 Å². The Labute approximate surface area is 96.4 Å². The molecule has 1 aromatic rings. The molecule has 2 rings (SSSR count). The fraction of sp³-hybridized carbons (Fsp3) is 0.615. The maximum atomic E-state index is 11.5. The first-order chi connectivity index (χ1) is 7.72. The highest BCUT2D eigenvalue weighted by Crippen LogP contribution is 2.34. The predicted molar refractivity (Wildman–Crippen MR) is 62.3 cm³/mol. The average Bonchev–Trinajstić information content (AvgIpc) is 2.62. The molecule has 0 radical (unpaired) electrons. The molecule has 0 amide bonds. The van der Waals surface area contributed by atoms with Crippen molar-refractivity contribution >= 4 is 5.97 Å². The maximum absolute atomic E-state index is 11.5. The number of esters is 1. The molecule has 16 heavy (non-hydrogen) atoms. The molecule has 0 aliphatic heterocycles. The van der Waals surface area contributed by atoms with E-state index in [9.17, 15) is 4.79 Å². The number of hydrogen-bond donors (Lipinski definition) is 0. The molecular weight excluding hydrogens is 202 g/mol. The first-order valence-electron chi connectivity index (χ1n) is 6.02. The zero-order valence-corrected chi connectivity index (χ0v) is 10.0. The Morgan fingerprint density at radius 3 is 3.19 bits per heavy atom. The highest BCUT2D eigenvalue weighted by Gasteiger charge is 2.24. The third-order valence-corrected chi connectivity index (χ3v) is 3.36. The molecule has 1 heterocycles. The minimum Gasteiger partial charge on any atom is -0.466 e. The molecule has 1 unspecified atom stereocenters. The summed E-state index contributed by atoms with van der Waals surface area (Å²) < 4.78 is 7.19. The molecule has 0 aromatic carbocycles. The van der Waals surface area contributed by atoms with Gasteiger partial charge in [-0.05, 0) is 43.7 Å². The molecule has 3 nitrogen and oxygen atoms in total. The highest BCUT2D eigenvalue weighted by atomic mass is 16.5. The van der Waals surface area contributed by atoms with Crippen LogP contribution in [0.4, 0.5) is 0 Å². The topological polar surface area (TPSA) is 31.2 Å². The van der Waals surface area contributed by atoms with E-state index in [1.165, 1.54) is 17.7 Å². The quantitative estimate of drug-likeness (QED) is 0.734. The lowest BCUT2D eigenvalue weighted by Gasteiger charge is -2.22. The van der Waals surface area contributed by atoms with E-state index in [2.05, 4.69) is 23.9 Å². The minimum atomic E-state index is -0.0656. The van der Waals surface area contributed by atoms with Gasteiger partial charge in [0.25, 0.3) is 0 Å². The Bertz CT molecular complexity index is 381. The van der Waals surface area contributed by atoms with Gasteiger partial charge in [-0.3, -0.25) is 4.79 Å². The van der Waals surface area contributed by atoms with Crippen LogP contribution in [0, 0.1) is 0 Å². The lowest BCUT2D eigenvalue weighted by molar-refractivity contribution is -0.143. The zero-order valence-electron chi connectivity index (χ0n) is 10.0. The summed E-state index contributed by atoms with van der Waals surface area (Å²) in [5, 5.41) is 0. The summed E-state index contributed by atoms with van der Waals surface area (Å²) in [4.78, 5) is 11.5. The van der Waals surface area contributed by atoms with E-state index < -0.39 is 0 Å². The van der Waals surface area contributed by atoms with Gasteiger partial charge >= 0.3 is 5.97 Å². The summed E-state index contributed by atoms with van der Waals surface area (Å²) >= 11 is 0. The van der Waals surface area contributed by atoms with Crippen molar-refractivity contribution in [2.24, 2.45) is 7.05 Å². The van der Waals surface area contributed by atoms with Crippen LogP contribution in [0.15, 0.2) is 12.3 Å². The largest absolute Gasteiger partial charge is 0.466 e. The van der Waals surface area contributed by atoms with Gasteiger partial charge in [-0.25, -0.2) is 0 Å². The van der Waals surface area contributed by atoms with Crippen molar-refractivity contribution in [3.63, 3.8) is 0 Å². The first kappa shape index (κ1) is 11.2. The fourth-order valence-corrected chi connectivity index (χ4v) is 2.58. The van der Waals surface area contributed by atoms with Gasteiger partial charge in [-0.1, -0.05) is 0 Å². The number of carbonyl (C=O) groups is 1. The molecular formula is C13H19NO2. The maximum Gasteiger partial charge on any atom is 0.306 e. The lowest BCUT2D eigenvalue weighted by atomic mass is 9.85. The van der Waals surface area contributed by atoms with Crippen LogP contribution < -0.4 is 0 Å². The Morgan fingerprint density at radius 1 is 1.62 bits per heavy atom. The average molecular weight is 221 g/mol. The van der Waals surface area contributed by atoms with Crippen molar-refractivity contribution in [1.29, 1.82) is 0 Å². The van der Waals surface area contributed by atoms with E-state index in [1.807, 2.05) is 6.92 Å². The Balaban J connectivity index is 2.10. The number of fused-ring (bicyclic) bond motifs is 1. The van der Waals surface area contributed by atoms with Crippen LogP contribution in [0.25, 0.3) is 0 Å². The number of aromatic nitrogens is 1. The molecule has 1 aliphatic rings. The normalized spacial score (nSPS) is 19.2. The van der Waals surface area contributed by atoms with E-state index in [-0.39, 0.29) is 5.97 Å². The van der Waals surface area contributed by atoms with Crippen LogP contribution in [0.2, 0.25) is 0 Å². The van der Waals surface area contributed by atoms with E-state index in [1.54, 1.807) is 0 Å². The molecule has 0 N–H and O–H groups in total. The van der Waals surface area contributed by atoms with Crippen LogP contribution in [0.1, 0.15) is 43.4 Å². The van der Waals surface area contributed by atoms with Crippen molar-refractivity contribution in [1.82, 2.24) is 4.57 Å². The molecule has 88 valence electrons. The molecule has 3 heteroatoms. The number of carbonyl (C=O) groups excluding carboxylic acids is 1. The standard InChI is InChI=1S/C13H19NO2/c1-3-16-13(15)9-10-5-4-6-12-11(10)7-8-14(12)2/h7-8,10H,3-6,9H2,1-2H3. The van der Waals surface area contributed by atoms with Gasteiger partial charge in [0.05, 0.1) is 13.0 Å². The van der Waals surface area contributed by atoms with Crippen LogP contribution in [-0.2, 0) is 23.0 Å². The predicted octanol–water partition coefficient (Wildman–Crippen LogP) is 2.40. The zero-order chi connectivity index (χ0) is 11.5. The van der Waals surface area contributed by atoms with Crippen LogP contribution in [0.5, 0.6) is 0 Å². The second kappa shape index (κ2) is 4.73. The molecule has 0 fully saturated rings. The van der Waals surface area contributed by atoms with Crippen molar-refractivity contribution < 1.29 is 9.53 Å². The summed E-state index contributed by atoms with van der Waals surface area (Å²) in [6, 6.07) is 2.15. The summed E-state index contributed by atoms with van der Waals surface area (Å²) in [6.07, 6.45) is 6.04. The second-order valence-corrected chi connectivity index (χ2v) is 4.43. The van der Waals surface area contributed by atoms with Crippen LogP contribution in [0.3, 0.4) is 0 Å². The molecule has 0 bridgehead atoms. The van der Waals surface area contributed by atoms with Gasteiger partial charge in [-0.15, -0.1) is 0 Å². The van der Waals surface area contributed by atoms with Gasteiger partial charge in [0.15, 0.2) is 0 Å². The summed E-state index contributed by atoms with van der Waals surface area (Å²) in [6.45, 7) is 2.33. The Kier molecular flexibility index (Phi) is 3.32. The summed E-state index contributed by atoms with van der Waals surface area (Å²) in [5.41, 5.74) is 2.74. The van der Waals surface area contributed by atoms with Crippen LogP contribution in [-0.4, -0.2) is 17.1 Å². The number of rotatable bonds is 3. The molecule has 1 aromatic heterocycles. The van der Waals surface area contributed by atoms with Crippen LogP contribution >= 0.6 is 0 Å². The molecule has 1 atom stereocenters. The first-order valence-corrected chi connectivity index (χ1v) is 6.02.